The third kappa shape index (κ3) is 3.29. The molecule has 0 aliphatic rings. The van der Waals surface area contributed by atoms with Crippen LogP contribution in [0.2, 0.25) is 10.0 Å². The van der Waals surface area contributed by atoms with Gasteiger partial charge in [0.05, 0.1) is 0 Å². The number of hydrogen-bond acceptors (Lipinski definition) is 2. The van der Waals surface area contributed by atoms with E-state index >= 15 is 0 Å². The van der Waals surface area contributed by atoms with Crippen LogP contribution in [0.3, 0.4) is 0 Å². The second kappa shape index (κ2) is 4.29. The Kier molecular flexibility index (Phi) is 3.47. The van der Waals surface area contributed by atoms with E-state index in [1.54, 1.807) is 32.0 Å². The van der Waals surface area contributed by atoms with Crippen molar-refractivity contribution >= 4 is 29.1 Å². The SMILES string of the molecule is CC(C)(Oc1cc(Cl)cc(Cl)c1)C(N)=O. The molecule has 0 unspecified atom stereocenters. The van der Waals surface area contributed by atoms with Gasteiger partial charge in [-0.1, -0.05) is 23.2 Å². The summed E-state index contributed by atoms with van der Waals surface area (Å²) in [6.45, 7) is 3.15. The number of halogens is 2. The number of benzene rings is 1. The van der Waals surface area contributed by atoms with Gasteiger partial charge in [-0.15, -0.1) is 0 Å². The zero-order valence-electron chi connectivity index (χ0n) is 8.38. The molecule has 0 spiro atoms. The Morgan fingerprint density at radius 1 is 1.27 bits per heavy atom. The molecule has 1 aromatic rings. The maximum Gasteiger partial charge on any atom is 0.261 e. The highest BCUT2D eigenvalue weighted by Gasteiger charge is 2.27. The molecule has 0 saturated carbocycles. The minimum absolute atomic E-state index is 0.413. The summed E-state index contributed by atoms with van der Waals surface area (Å²) in [5.74, 6) is -0.144. The quantitative estimate of drug-likeness (QED) is 0.893. The highest BCUT2D eigenvalue weighted by molar-refractivity contribution is 6.34. The summed E-state index contributed by atoms with van der Waals surface area (Å²) in [6, 6.07) is 4.71. The molecule has 1 rings (SSSR count). The molecule has 0 aliphatic carbocycles. The topological polar surface area (TPSA) is 52.3 Å². The fraction of sp³-hybridized carbons (Fsp3) is 0.300. The monoisotopic (exact) mass is 247 g/mol. The summed E-state index contributed by atoms with van der Waals surface area (Å²) in [5, 5.41) is 0.885. The van der Waals surface area contributed by atoms with E-state index in [0.29, 0.717) is 15.8 Å². The lowest BCUT2D eigenvalue weighted by Crippen LogP contribution is -2.43. The first-order valence-electron chi connectivity index (χ1n) is 4.26. The molecule has 3 nitrogen and oxygen atoms in total. The Bertz CT molecular complexity index is 371. The second-order valence-corrected chi connectivity index (χ2v) is 4.45. The fourth-order valence-electron chi connectivity index (χ4n) is 0.932. The Hall–Kier alpha value is -0.930. The van der Waals surface area contributed by atoms with Gasteiger partial charge in [0.2, 0.25) is 0 Å². The number of rotatable bonds is 3. The van der Waals surface area contributed by atoms with E-state index in [9.17, 15) is 4.79 Å². The number of carbonyl (C=O) groups excluding carboxylic acids is 1. The fourth-order valence-corrected chi connectivity index (χ4v) is 1.44. The molecular formula is C10H11Cl2NO2. The lowest BCUT2D eigenvalue weighted by Gasteiger charge is -2.22. The first-order valence-corrected chi connectivity index (χ1v) is 5.02. The molecule has 0 bridgehead atoms. The van der Waals surface area contributed by atoms with Gasteiger partial charge in [0, 0.05) is 10.0 Å². The van der Waals surface area contributed by atoms with E-state index in [1.807, 2.05) is 0 Å². The van der Waals surface area contributed by atoms with Crippen molar-refractivity contribution in [2.45, 2.75) is 19.4 Å². The van der Waals surface area contributed by atoms with E-state index in [4.69, 9.17) is 33.7 Å². The largest absolute Gasteiger partial charge is 0.478 e. The first-order chi connectivity index (χ1) is 6.81. The molecule has 15 heavy (non-hydrogen) atoms. The number of primary amides is 1. The van der Waals surface area contributed by atoms with Crippen LogP contribution in [0.15, 0.2) is 18.2 Å². The van der Waals surface area contributed by atoms with Crippen molar-refractivity contribution in [3.63, 3.8) is 0 Å². The molecule has 0 radical (unpaired) electrons. The molecule has 82 valence electrons. The van der Waals surface area contributed by atoms with Gasteiger partial charge in [-0.2, -0.15) is 0 Å². The number of amides is 1. The Morgan fingerprint density at radius 2 is 1.73 bits per heavy atom. The molecule has 5 heteroatoms. The third-order valence-electron chi connectivity index (χ3n) is 1.80. The van der Waals surface area contributed by atoms with E-state index in [1.165, 1.54) is 0 Å². The number of hydrogen-bond donors (Lipinski definition) is 1. The van der Waals surface area contributed by atoms with Gasteiger partial charge in [-0.3, -0.25) is 4.79 Å². The van der Waals surface area contributed by atoms with Gasteiger partial charge < -0.3 is 10.5 Å². The molecule has 0 heterocycles. The highest BCUT2D eigenvalue weighted by atomic mass is 35.5. The van der Waals surface area contributed by atoms with E-state index in [-0.39, 0.29) is 0 Å². The van der Waals surface area contributed by atoms with Crippen LogP contribution in [0, 0.1) is 0 Å². The summed E-state index contributed by atoms with van der Waals surface area (Å²) in [4.78, 5) is 11.0. The van der Waals surface area contributed by atoms with Crippen molar-refractivity contribution < 1.29 is 9.53 Å². The van der Waals surface area contributed by atoms with E-state index < -0.39 is 11.5 Å². The van der Waals surface area contributed by atoms with Gasteiger partial charge in [-0.25, -0.2) is 0 Å². The second-order valence-electron chi connectivity index (χ2n) is 3.58. The standard InChI is InChI=1S/C10H11Cl2NO2/c1-10(2,9(13)14)15-8-4-6(11)3-7(12)5-8/h3-5H,1-2H3,(H2,13,14). The Labute approximate surface area is 98.1 Å². The van der Waals surface area contributed by atoms with E-state index in [2.05, 4.69) is 0 Å². The van der Waals surface area contributed by atoms with Crippen molar-refractivity contribution in [1.82, 2.24) is 0 Å². The minimum Gasteiger partial charge on any atom is -0.478 e. The van der Waals surface area contributed by atoms with Crippen molar-refractivity contribution in [3.8, 4) is 5.75 Å². The number of nitrogens with two attached hydrogens (primary N) is 1. The molecule has 0 saturated heterocycles. The lowest BCUT2D eigenvalue weighted by molar-refractivity contribution is -0.130. The van der Waals surface area contributed by atoms with Crippen LogP contribution in [-0.2, 0) is 4.79 Å². The van der Waals surface area contributed by atoms with Crippen LogP contribution in [0.25, 0.3) is 0 Å². The first kappa shape index (κ1) is 12.1. The highest BCUT2D eigenvalue weighted by Crippen LogP contribution is 2.26. The summed E-state index contributed by atoms with van der Waals surface area (Å²) in [6.07, 6.45) is 0. The molecular weight excluding hydrogens is 237 g/mol. The van der Waals surface area contributed by atoms with Gasteiger partial charge in [0.25, 0.3) is 5.91 Å². The normalized spacial score (nSPS) is 11.2. The predicted molar refractivity (Wildman–Crippen MR) is 60.4 cm³/mol. The predicted octanol–water partition coefficient (Wildman–Crippen LogP) is 2.64. The van der Waals surface area contributed by atoms with Crippen LogP contribution in [0.5, 0.6) is 5.75 Å². The average molecular weight is 248 g/mol. The van der Waals surface area contributed by atoms with Gasteiger partial charge in [-0.05, 0) is 32.0 Å². The summed E-state index contributed by atoms with van der Waals surface area (Å²) < 4.78 is 5.38. The van der Waals surface area contributed by atoms with Gasteiger partial charge in [0.1, 0.15) is 5.75 Å². The van der Waals surface area contributed by atoms with Crippen molar-refractivity contribution in [2.75, 3.05) is 0 Å². The van der Waals surface area contributed by atoms with Crippen LogP contribution < -0.4 is 10.5 Å². The summed E-state index contributed by atoms with van der Waals surface area (Å²) >= 11 is 11.6. The smallest absolute Gasteiger partial charge is 0.261 e. The molecule has 2 N–H and O–H groups in total. The van der Waals surface area contributed by atoms with Crippen molar-refractivity contribution in [1.29, 1.82) is 0 Å². The van der Waals surface area contributed by atoms with Crippen LogP contribution >= 0.6 is 23.2 Å². The minimum atomic E-state index is -1.09. The molecule has 0 aromatic heterocycles. The molecule has 1 aromatic carbocycles. The molecule has 0 aliphatic heterocycles. The summed E-state index contributed by atoms with van der Waals surface area (Å²) in [7, 11) is 0. The number of carbonyl (C=O) groups is 1. The molecule has 0 atom stereocenters. The zero-order chi connectivity index (χ0) is 11.6. The van der Waals surface area contributed by atoms with E-state index in [0.717, 1.165) is 0 Å². The van der Waals surface area contributed by atoms with Crippen molar-refractivity contribution in [2.24, 2.45) is 5.73 Å². The maximum atomic E-state index is 11.0. The maximum absolute atomic E-state index is 11.0. The van der Waals surface area contributed by atoms with Crippen LogP contribution in [0.4, 0.5) is 0 Å². The van der Waals surface area contributed by atoms with Crippen LogP contribution in [0.1, 0.15) is 13.8 Å². The Balaban J connectivity index is 2.94. The third-order valence-corrected chi connectivity index (χ3v) is 2.24. The summed E-state index contributed by atoms with van der Waals surface area (Å²) in [5.41, 5.74) is 4.07. The van der Waals surface area contributed by atoms with Gasteiger partial charge >= 0.3 is 0 Å². The average Bonchev–Trinajstić information content (AvgIpc) is 1.99. The van der Waals surface area contributed by atoms with Crippen molar-refractivity contribution in [3.05, 3.63) is 28.2 Å². The Morgan fingerprint density at radius 3 is 2.13 bits per heavy atom. The van der Waals surface area contributed by atoms with Gasteiger partial charge in [0.15, 0.2) is 5.60 Å². The lowest BCUT2D eigenvalue weighted by atomic mass is 10.1. The molecule has 0 fully saturated rings. The van der Waals surface area contributed by atoms with Crippen LogP contribution in [-0.4, -0.2) is 11.5 Å². The number of ether oxygens (including phenoxy) is 1. The zero-order valence-corrected chi connectivity index (χ0v) is 9.89. The molecule has 1 amide bonds.